The second-order valence-electron chi connectivity index (χ2n) is 7.55. The number of nitrogens with one attached hydrogen (secondary N) is 2. The Morgan fingerprint density at radius 2 is 1.66 bits per heavy atom. The number of nitrogens with zero attached hydrogens (tertiary/aromatic N) is 1. The molecule has 0 radical (unpaired) electrons. The lowest BCUT2D eigenvalue weighted by Crippen LogP contribution is -2.08. The van der Waals surface area contributed by atoms with E-state index >= 15 is 0 Å². The molecule has 0 amide bonds. The maximum atomic E-state index is 12.4. The lowest BCUT2D eigenvalue weighted by molar-refractivity contribution is 0.403. The van der Waals surface area contributed by atoms with Crippen LogP contribution in [0.25, 0.3) is 32.8 Å². The third kappa shape index (κ3) is 3.45. The highest BCUT2D eigenvalue weighted by Gasteiger charge is 2.11. The number of H-pyrrole nitrogens is 2. The van der Waals surface area contributed by atoms with Crippen molar-refractivity contribution in [3.8, 4) is 28.5 Å². The number of aromatic nitrogens is 2. The van der Waals surface area contributed by atoms with Crippen LogP contribution in [-0.2, 0) is 6.54 Å². The molecule has 5 N–H and O–H groups in total. The summed E-state index contributed by atoms with van der Waals surface area (Å²) < 4.78 is 0. The number of pyridine rings is 1. The van der Waals surface area contributed by atoms with E-state index in [1.54, 1.807) is 12.1 Å². The highest BCUT2D eigenvalue weighted by atomic mass is 16.3. The molecule has 0 spiro atoms. The number of aliphatic imine (C=N–C) groups is 1. The Kier molecular flexibility index (Phi) is 4.63. The molecule has 0 aliphatic rings. The van der Waals surface area contributed by atoms with Gasteiger partial charge in [0.2, 0.25) is 5.88 Å². The van der Waals surface area contributed by atoms with E-state index in [4.69, 9.17) is 0 Å². The molecule has 2 aromatic heterocycles. The number of phenols is 2. The Morgan fingerprint density at radius 3 is 2.50 bits per heavy atom. The number of benzene rings is 3. The third-order valence-corrected chi connectivity index (χ3v) is 5.46. The van der Waals surface area contributed by atoms with Crippen LogP contribution in [0.5, 0.6) is 17.4 Å². The molecule has 3 aromatic carbocycles. The van der Waals surface area contributed by atoms with E-state index in [1.807, 2.05) is 36.5 Å². The van der Waals surface area contributed by atoms with E-state index in [-0.39, 0.29) is 29.5 Å². The summed E-state index contributed by atoms with van der Waals surface area (Å²) >= 11 is 0. The Labute approximate surface area is 182 Å². The first-order valence-electron chi connectivity index (χ1n) is 9.97. The van der Waals surface area contributed by atoms with Gasteiger partial charge in [-0.1, -0.05) is 18.2 Å². The summed E-state index contributed by atoms with van der Waals surface area (Å²) in [6.07, 6.45) is 3.38. The number of hydrogen-bond donors (Lipinski definition) is 5. The van der Waals surface area contributed by atoms with Crippen molar-refractivity contribution in [3.63, 3.8) is 0 Å². The summed E-state index contributed by atoms with van der Waals surface area (Å²) in [5, 5.41) is 31.6. The fourth-order valence-electron chi connectivity index (χ4n) is 3.79. The molecule has 7 heteroatoms. The van der Waals surface area contributed by atoms with Crippen molar-refractivity contribution in [2.75, 3.05) is 0 Å². The normalized spacial score (nSPS) is 11.6. The van der Waals surface area contributed by atoms with Gasteiger partial charge in [-0.25, -0.2) is 0 Å². The molecular formula is C25H19N3O4. The van der Waals surface area contributed by atoms with Crippen molar-refractivity contribution in [2.24, 2.45) is 4.99 Å². The first-order chi connectivity index (χ1) is 15.5. The van der Waals surface area contributed by atoms with E-state index in [1.165, 1.54) is 18.3 Å². The van der Waals surface area contributed by atoms with Gasteiger partial charge >= 0.3 is 0 Å². The summed E-state index contributed by atoms with van der Waals surface area (Å²) in [5.74, 6) is -0.690. The molecule has 0 fully saturated rings. The van der Waals surface area contributed by atoms with Gasteiger partial charge in [0.05, 0.1) is 12.1 Å². The second kappa shape index (κ2) is 7.63. The molecule has 0 unspecified atom stereocenters. The molecule has 0 saturated heterocycles. The number of aromatic hydroxyl groups is 3. The van der Waals surface area contributed by atoms with Crippen LogP contribution < -0.4 is 5.56 Å². The van der Waals surface area contributed by atoms with Gasteiger partial charge in [-0.2, -0.15) is 0 Å². The molecule has 0 aliphatic carbocycles. The Bertz CT molecular complexity index is 1560. The van der Waals surface area contributed by atoms with Gasteiger partial charge in [0.25, 0.3) is 5.56 Å². The summed E-state index contributed by atoms with van der Waals surface area (Å²) in [6.45, 7) is 0.220. The highest BCUT2D eigenvalue weighted by molar-refractivity contribution is 6.03. The van der Waals surface area contributed by atoms with Crippen molar-refractivity contribution in [1.29, 1.82) is 0 Å². The fourth-order valence-corrected chi connectivity index (χ4v) is 3.79. The molecule has 0 bridgehead atoms. The molecule has 158 valence electrons. The molecule has 0 saturated carbocycles. The summed E-state index contributed by atoms with van der Waals surface area (Å²) in [7, 11) is 0. The van der Waals surface area contributed by atoms with Crippen molar-refractivity contribution in [2.45, 2.75) is 6.54 Å². The SMILES string of the molecule is O=c1[nH]c(O)c(C=NCc2ccc(O)c(O)c2)c2cc(-c3ccc4[nH]ccc4c3)ccc12. The number of rotatable bonds is 4. The topological polar surface area (TPSA) is 122 Å². The van der Waals surface area contributed by atoms with Crippen LogP contribution in [-0.4, -0.2) is 31.5 Å². The summed E-state index contributed by atoms with van der Waals surface area (Å²) in [4.78, 5) is 22.4. The average Bonchev–Trinajstić information content (AvgIpc) is 3.26. The molecule has 2 heterocycles. The van der Waals surface area contributed by atoms with Crippen LogP contribution in [0.15, 0.2) is 76.6 Å². The zero-order chi connectivity index (χ0) is 22.2. The Morgan fingerprint density at radius 1 is 0.844 bits per heavy atom. The lowest BCUT2D eigenvalue weighted by atomic mass is 9.99. The van der Waals surface area contributed by atoms with Crippen LogP contribution in [0.4, 0.5) is 0 Å². The van der Waals surface area contributed by atoms with E-state index in [0.29, 0.717) is 21.9 Å². The number of fused-ring (bicyclic) bond motifs is 2. The van der Waals surface area contributed by atoms with Gasteiger partial charge in [-0.05, 0) is 64.5 Å². The predicted molar refractivity (Wildman–Crippen MR) is 125 cm³/mol. The van der Waals surface area contributed by atoms with Gasteiger partial charge in [0.15, 0.2) is 11.5 Å². The van der Waals surface area contributed by atoms with Crippen LogP contribution >= 0.6 is 0 Å². The van der Waals surface area contributed by atoms with Crippen LogP contribution in [0.2, 0.25) is 0 Å². The largest absolute Gasteiger partial charge is 0.504 e. The number of phenolic OH excluding ortho intramolecular Hbond substituents is 2. The maximum absolute atomic E-state index is 12.4. The van der Waals surface area contributed by atoms with E-state index in [2.05, 4.69) is 21.0 Å². The van der Waals surface area contributed by atoms with Gasteiger partial charge in [0, 0.05) is 28.7 Å². The van der Waals surface area contributed by atoms with Crippen LogP contribution in [0.1, 0.15) is 11.1 Å². The minimum atomic E-state index is -0.384. The van der Waals surface area contributed by atoms with Gasteiger partial charge in [-0.15, -0.1) is 0 Å². The van der Waals surface area contributed by atoms with Gasteiger partial charge < -0.3 is 20.3 Å². The van der Waals surface area contributed by atoms with Gasteiger partial charge in [-0.3, -0.25) is 14.8 Å². The van der Waals surface area contributed by atoms with Crippen LogP contribution in [0, 0.1) is 0 Å². The smallest absolute Gasteiger partial charge is 0.258 e. The molecule has 0 aliphatic heterocycles. The number of aromatic amines is 2. The lowest BCUT2D eigenvalue weighted by Gasteiger charge is -2.08. The van der Waals surface area contributed by atoms with E-state index in [9.17, 15) is 20.1 Å². The van der Waals surface area contributed by atoms with Crippen LogP contribution in [0.3, 0.4) is 0 Å². The van der Waals surface area contributed by atoms with Crippen molar-refractivity contribution in [3.05, 3.63) is 88.3 Å². The van der Waals surface area contributed by atoms with Gasteiger partial charge in [0.1, 0.15) is 0 Å². The Balaban J connectivity index is 1.57. The number of hydrogen-bond acceptors (Lipinski definition) is 5. The zero-order valence-corrected chi connectivity index (χ0v) is 16.8. The third-order valence-electron chi connectivity index (χ3n) is 5.46. The van der Waals surface area contributed by atoms with Crippen molar-refractivity contribution >= 4 is 27.9 Å². The first kappa shape index (κ1) is 19.4. The molecule has 7 nitrogen and oxygen atoms in total. The quantitative estimate of drug-likeness (QED) is 0.216. The first-order valence-corrected chi connectivity index (χ1v) is 9.97. The second-order valence-corrected chi connectivity index (χ2v) is 7.55. The highest BCUT2D eigenvalue weighted by Crippen LogP contribution is 2.29. The summed E-state index contributed by atoms with van der Waals surface area (Å²) in [5.41, 5.74) is 3.63. The maximum Gasteiger partial charge on any atom is 0.258 e. The fraction of sp³-hybridized carbons (Fsp3) is 0.0400. The standard InChI is InChI=1S/C25H19N3O4/c29-22-6-1-14(9-23(22)30)12-26-13-20-19-11-16(2-4-18(19)24(31)28-25(20)32)15-3-5-21-17(10-15)7-8-27-21/h1-11,13,27,29-30H,12H2,(H2,28,31,32). The van der Waals surface area contributed by atoms with E-state index < -0.39 is 0 Å². The molecular weight excluding hydrogens is 406 g/mol. The Hall–Kier alpha value is -4.52. The molecule has 0 atom stereocenters. The predicted octanol–water partition coefficient (Wildman–Crippen LogP) is 4.41. The monoisotopic (exact) mass is 425 g/mol. The van der Waals surface area contributed by atoms with E-state index in [0.717, 1.165) is 22.0 Å². The van der Waals surface area contributed by atoms with Crippen molar-refractivity contribution < 1.29 is 15.3 Å². The summed E-state index contributed by atoms with van der Waals surface area (Å²) in [6, 6.07) is 18.0. The zero-order valence-electron chi connectivity index (χ0n) is 16.8. The minimum Gasteiger partial charge on any atom is -0.504 e. The average molecular weight is 425 g/mol. The van der Waals surface area contributed by atoms with Crippen molar-refractivity contribution in [1.82, 2.24) is 9.97 Å². The molecule has 5 aromatic rings. The minimum absolute atomic E-state index is 0.202. The molecule has 5 rings (SSSR count). The molecule has 32 heavy (non-hydrogen) atoms.